The third kappa shape index (κ3) is 8.26. The molecule has 1 aromatic rings. The molecule has 2 saturated heterocycles. The number of amides is 2. The van der Waals surface area contributed by atoms with Crippen LogP contribution in [0.15, 0.2) is 35.9 Å². The quantitative estimate of drug-likeness (QED) is 0.244. The molecule has 2 aliphatic rings. The normalized spacial score (nSPS) is 21.6. The molecule has 3 N–H and O–H groups in total. The van der Waals surface area contributed by atoms with Gasteiger partial charge in [-0.1, -0.05) is 12.1 Å². The number of carbonyl (C=O) groups is 2. The van der Waals surface area contributed by atoms with Crippen molar-refractivity contribution >= 4 is 19.1 Å². The number of likely N-dealkylation sites (tertiary alicyclic amines) is 1. The summed E-state index contributed by atoms with van der Waals surface area (Å²) in [6.45, 7) is 8.60. The lowest BCUT2D eigenvalue weighted by Crippen LogP contribution is -2.57. The minimum Gasteiger partial charge on any atom is -0.447 e. The smallest absolute Gasteiger partial charge is 0.447 e. The number of carbonyl (C=O) groups excluding carboxylic acids is 2. The molecule has 2 aliphatic heterocycles. The van der Waals surface area contributed by atoms with E-state index in [-0.39, 0.29) is 18.6 Å². The Balaban J connectivity index is 1.67. The van der Waals surface area contributed by atoms with Crippen LogP contribution in [0, 0.1) is 17.1 Å². The van der Waals surface area contributed by atoms with Crippen molar-refractivity contribution in [2.24, 2.45) is 0 Å². The third-order valence-electron chi connectivity index (χ3n) is 7.46. The first-order chi connectivity index (χ1) is 18.4. The van der Waals surface area contributed by atoms with Crippen molar-refractivity contribution in [2.45, 2.75) is 63.5 Å². The van der Waals surface area contributed by atoms with E-state index in [0.29, 0.717) is 44.8 Å². The van der Waals surface area contributed by atoms with E-state index in [1.54, 1.807) is 11.0 Å². The van der Waals surface area contributed by atoms with Crippen molar-refractivity contribution in [3.05, 3.63) is 47.3 Å². The van der Waals surface area contributed by atoms with E-state index >= 15 is 0 Å². The number of morpholine rings is 1. The Labute approximate surface area is 229 Å². The number of nitrogens with one attached hydrogen (secondary N) is 1. The van der Waals surface area contributed by atoms with Crippen molar-refractivity contribution in [3.8, 4) is 6.07 Å². The fourth-order valence-corrected chi connectivity index (χ4v) is 5.07. The Morgan fingerprint density at radius 1 is 1.26 bits per heavy atom. The Hall–Kier alpha value is -2.98. The highest BCUT2D eigenvalue weighted by Gasteiger charge is 2.41. The largest absolute Gasteiger partial charge is 0.475 e. The molecule has 0 radical (unpaired) electrons. The van der Waals surface area contributed by atoms with Gasteiger partial charge in [0.15, 0.2) is 0 Å². The molecule has 2 atom stereocenters. The van der Waals surface area contributed by atoms with Gasteiger partial charge in [-0.3, -0.25) is 9.69 Å². The molecule has 10 nitrogen and oxygen atoms in total. The van der Waals surface area contributed by atoms with Crippen LogP contribution in [0.1, 0.15) is 45.6 Å². The van der Waals surface area contributed by atoms with Gasteiger partial charge >= 0.3 is 13.2 Å². The van der Waals surface area contributed by atoms with E-state index in [2.05, 4.69) is 16.3 Å². The summed E-state index contributed by atoms with van der Waals surface area (Å²) in [6, 6.07) is 7.55. The molecule has 1 aromatic carbocycles. The highest BCUT2D eigenvalue weighted by Crippen LogP contribution is 2.31. The van der Waals surface area contributed by atoms with Gasteiger partial charge in [-0.2, -0.15) is 5.26 Å². The molecule has 0 aliphatic carbocycles. The van der Waals surface area contributed by atoms with E-state index in [9.17, 15) is 29.3 Å². The fourth-order valence-electron chi connectivity index (χ4n) is 5.07. The highest BCUT2D eigenvalue weighted by atomic mass is 19.1. The van der Waals surface area contributed by atoms with E-state index in [4.69, 9.17) is 9.47 Å². The molecule has 212 valence electrons. The molecule has 12 heteroatoms. The average molecular weight is 544 g/mol. The Morgan fingerprint density at radius 2 is 1.92 bits per heavy atom. The van der Waals surface area contributed by atoms with Crippen LogP contribution in [0.25, 0.3) is 0 Å². The van der Waals surface area contributed by atoms with Crippen LogP contribution in [0.5, 0.6) is 0 Å². The van der Waals surface area contributed by atoms with Crippen LogP contribution in [0.3, 0.4) is 0 Å². The third-order valence-corrected chi connectivity index (χ3v) is 7.46. The second kappa shape index (κ2) is 13.4. The molecule has 0 saturated carbocycles. The number of alkyl carbamates (subject to hydrolysis) is 1. The number of hydrogen-bond acceptors (Lipinski definition) is 8. The highest BCUT2D eigenvalue weighted by molar-refractivity contribution is 6.43. The van der Waals surface area contributed by atoms with E-state index in [0.717, 1.165) is 12.8 Å². The van der Waals surface area contributed by atoms with Gasteiger partial charge in [0.2, 0.25) is 0 Å². The molecule has 39 heavy (non-hydrogen) atoms. The summed E-state index contributed by atoms with van der Waals surface area (Å²) in [4.78, 5) is 30.0. The van der Waals surface area contributed by atoms with Crippen LogP contribution in [0.2, 0.25) is 0 Å². The summed E-state index contributed by atoms with van der Waals surface area (Å²) >= 11 is 0. The van der Waals surface area contributed by atoms with Crippen molar-refractivity contribution in [2.75, 3.05) is 39.5 Å². The summed E-state index contributed by atoms with van der Waals surface area (Å²) < 4.78 is 24.1. The second-order valence-corrected chi connectivity index (χ2v) is 10.9. The maximum absolute atomic E-state index is 13.6. The zero-order valence-corrected chi connectivity index (χ0v) is 22.9. The van der Waals surface area contributed by atoms with Gasteiger partial charge in [-0.05, 0) is 70.2 Å². The summed E-state index contributed by atoms with van der Waals surface area (Å²) in [6.07, 6.45) is 3.02. The van der Waals surface area contributed by atoms with Crippen molar-refractivity contribution < 1.29 is 33.5 Å². The maximum atomic E-state index is 13.6. The molecule has 2 fully saturated rings. The number of hydrogen-bond donors (Lipinski definition) is 3. The van der Waals surface area contributed by atoms with Crippen LogP contribution in [0.4, 0.5) is 9.18 Å². The van der Waals surface area contributed by atoms with Crippen LogP contribution < -0.4 is 5.32 Å². The molecule has 1 unspecified atom stereocenters. The summed E-state index contributed by atoms with van der Waals surface area (Å²) in [5.74, 6) is -1.92. The first-order valence-electron chi connectivity index (χ1n) is 13.3. The molecule has 0 spiro atoms. The number of ether oxygens (including phenoxy) is 2. The molecule has 0 aromatic heterocycles. The van der Waals surface area contributed by atoms with Crippen molar-refractivity contribution in [3.63, 3.8) is 0 Å². The predicted molar refractivity (Wildman–Crippen MR) is 143 cm³/mol. The van der Waals surface area contributed by atoms with Gasteiger partial charge in [0.05, 0.1) is 24.7 Å². The van der Waals surface area contributed by atoms with Gasteiger partial charge in [0.1, 0.15) is 24.1 Å². The maximum Gasteiger partial charge on any atom is 0.475 e. The van der Waals surface area contributed by atoms with Crippen LogP contribution in [-0.4, -0.2) is 95.4 Å². The van der Waals surface area contributed by atoms with Gasteiger partial charge in [0.25, 0.3) is 5.91 Å². The lowest BCUT2D eigenvalue weighted by atomic mass is 9.76. The van der Waals surface area contributed by atoms with Gasteiger partial charge in [-0.25, -0.2) is 9.18 Å². The van der Waals surface area contributed by atoms with Crippen molar-refractivity contribution in [1.29, 1.82) is 5.26 Å². The topological polar surface area (TPSA) is 135 Å². The molecular formula is C27H38BFN4O6. The Bertz CT molecular complexity index is 1070. The van der Waals surface area contributed by atoms with E-state index in [1.165, 1.54) is 24.3 Å². The lowest BCUT2D eigenvalue weighted by molar-refractivity contribution is -0.136. The Kier molecular flexibility index (Phi) is 10.5. The SMILES string of the molecule is CC(C)(C=C(C#N)C(=O)N1CCCC[C@]1(C)COC(=O)NC(Cc1ccc(F)cc1)B(O)O)N1CCOCC1. The second-order valence-electron chi connectivity index (χ2n) is 10.9. The number of nitrogens with zero attached hydrogens (tertiary/aromatic N) is 3. The summed E-state index contributed by atoms with van der Waals surface area (Å²) in [5, 5.41) is 31.8. The number of benzene rings is 1. The van der Waals surface area contributed by atoms with Crippen molar-refractivity contribution in [1.82, 2.24) is 15.1 Å². The number of piperidine rings is 1. The standard InChI is InChI=1S/C27H38BFN4O6/c1-26(2,32-12-14-38-15-13-32)17-21(18-30)24(34)33-11-5-4-10-27(33,3)19-39-25(35)31-23(28(36)37)16-20-6-8-22(29)9-7-20/h6-9,17,23,36-37H,4-5,10-16,19H2,1-3H3,(H,31,35)/t23?,27-/m1/s1. The van der Waals surface area contributed by atoms with Gasteiger partial charge < -0.3 is 29.7 Å². The van der Waals surface area contributed by atoms with Crippen LogP contribution >= 0.6 is 0 Å². The lowest BCUT2D eigenvalue weighted by Gasteiger charge is -2.44. The van der Waals surface area contributed by atoms with Gasteiger partial charge in [-0.15, -0.1) is 0 Å². The summed E-state index contributed by atoms with van der Waals surface area (Å²) in [5.41, 5.74) is -0.748. The van der Waals surface area contributed by atoms with E-state index < -0.39 is 42.0 Å². The van der Waals surface area contributed by atoms with Crippen LogP contribution in [-0.2, 0) is 20.7 Å². The zero-order chi connectivity index (χ0) is 28.6. The van der Waals surface area contributed by atoms with E-state index in [1.807, 2.05) is 20.8 Å². The minimum absolute atomic E-state index is 0.0341. The average Bonchev–Trinajstić information content (AvgIpc) is 2.92. The monoisotopic (exact) mass is 544 g/mol. The number of halogens is 1. The summed E-state index contributed by atoms with van der Waals surface area (Å²) in [7, 11) is -1.87. The molecule has 2 amide bonds. The molecule has 0 bridgehead atoms. The molecular weight excluding hydrogens is 506 g/mol. The fraction of sp³-hybridized carbons (Fsp3) is 0.593. The number of nitriles is 1. The first kappa shape index (κ1) is 30.6. The Morgan fingerprint density at radius 3 is 2.54 bits per heavy atom. The number of rotatable bonds is 9. The predicted octanol–water partition coefficient (Wildman–Crippen LogP) is 1.81. The molecule has 3 rings (SSSR count). The zero-order valence-electron chi connectivity index (χ0n) is 22.9. The molecule has 2 heterocycles. The minimum atomic E-state index is -1.87. The van der Waals surface area contributed by atoms with Gasteiger partial charge in [0, 0.05) is 25.2 Å². The first-order valence-corrected chi connectivity index (χ1v) is 13.3.